The van der Waals surface area contributed by atoms with E-state index in [1.807, 2.05) is 39.0 Å². The maximum Gasteiger partial charge on any atom is 0.243 e. The molecule has 0 radical (unpaired) electrons. The van der Waals surface area contributed by atoms with E-state index < -0.39 is 39.2 Å². The molecular formula is C34H44ClFN4O4S. The second kappa shape index (κ2) is 14.0. The number of hydrogen-bond donors (Lipinski definition) is 3. The number of piperazine rings is 1. The van der Waals surface area contributed by atoms with Gasteiger partial charge < -0.3 is 21.1 Å². The molecule has 45 heavy (non-hydrogen) atoms. The van der Waals surface area contributed by atoms with Crippen LogP contribution in [-0.2, 0) is 26.0 Å². The fourth-order valence-electron chi connectivity index (χ4n) is 7.54. The molecule has 8 nitrogen and oxygen atoms in total. The van der Waals surface area contributed by atoms with Gasteiger partial charge in [0, 0.05) is 46.9 Å². The first-order chi connectivity index (χ1) is 21.4. The lowest BCUT2D eigenvalue weighted by Gasteiger charge is -2.50. The summed E-state index contributed by atoms with van der Waals surface area (Å²) in [4.78, 5) is 14.2. The number of amides is 1. The van der Waals surface area contributed by atoms with Crippen molar-refractivity contribution in [2.24, 2.45) is 17.1 Å². The van der Waals surface area contributed by atoms with E-state index in [1.54, 1.807) is 46.8 Å². The molecule has 3 aliphatic rings. The van der Waals surface area contributed by atoms with E-state index in [2.05, 4.69) is 10.6 Å². The Hall–Kier alpha value is -2.60. The number of hydrogen-bond acceptors (Lipinski definition) is 6. The third-order valence-corrected chi connectivity index (χ3v) is 11.9. The van der Waals surface area contributed by atoms with E-state index >= 15 is 4.39 Å². The minimum Gasteiger partial charge on any atom is -0.376 e. The van der Waals surface area contributed by atoms with Crippen molar-refractivity contribution in [3.8, 4) is 0 Å². The van der Waals surface area contributed by atoms with Crippen molar-refractivity contribution in [2.45, 2.75) is 88.1 Å². The molecule has 7 atom stereocenters. The molecule has 2 aromatic carbocycles. The molecule has 5 rings (SSSR count). The number of allylic oxidation sites excluding steroid dienone is 4. The van der Waals surface area contributed by atoms with Crippen LogP contribution in [0.1, 0.15) is 52.0 Å². The summed E-state index contributed by atoms with van der Waals surface area (Å²) in [6.45, 7) is 6.82. The van der Waals surface area contributed by atoms with E-state index in [9.17, 15) is 13.2 Å². The smallest absolute Gasteiger partial charge is 0.243 e. The second-order valence-electron chi connectivity index (χ2n) is 12.8. The minimum atomic E-state index is -3.77. The number of nitrogens with one attached hydrogen (secondary N) is 2. The third kappa shape index (κ3) is 7.21. The van der Waals surface area contributed by atoms with Crippen LogP contribution in [0.2, 0.25) is 0 Å². The number of nitrogens with zero attached hydrogens (tertiary/aromatic N) is 1. The van der Waals surface area contributed by atoms with Gasteiger partial charge in [0.25, 0.3) is 0 Å². The predicted octanol–water partition coefficient (Wildman–Crippen LogP) is 5.35. The highest BCUT2D eigenvalue weighted by atomic mass is 35.5. The number of nitrogens with two attached hydrogens (primary N) is 1. The Morgan fingerprint density at radius 2 is 1.84 bits per heavy atom. The van der Waals surface area contributed by atoms with Gasteiger partial charge in [0.15, 0.2) is 0 Å². The van der Waals surface area contributed by atoms with Gasteiger partial charge in [-0.25, -0.2) is 12.8 Å². The summed E-state index contributed by atoms with van der Waals surface area (Å²) in [7, 11) is -3.77. The van der Waals surface area contributed by atoms with Crippen molar-refractivity contribution in [2.75, 3.05) is 18.4 Å². The van der Waals surface area contributed by atoms with E-state index in [0.29, 0.717) is 55.1 Å². The Labute approximate surface area is 271 Å². The van der Waals surface area contributed by atoms with Crippen molar-refractivity contribution >= 4 is 33.2 Å². The number of anilines is 1. The lowest BCUT2D eigenvalue weighted by Crippen LogP contribution is -2.58. The number of rotatable bonds is 9. The molecule has 11 heteroatoms. The maximum atomic E-state index is 15.4. The van der Waals surface area contributed by atoms with Crippen LogP contribution in [0.4, 0.5) is 10.1 Å². The summed E-state index contributed by atoms with van der Waals surface area (Å²) in [5.74, 6) is -0.869. The van der Waals surface area contributed by atoms with Crippen LogP contribution in [0.3, 0.4) is 0 Å². The highest BCUT2D eigenvalue weighted by molar-refractivity contribution is 7.89. The Morgan fingerprint density at radius 1 is 1.13 bits per heavy atom. The molecule has 0 aromatic heterocycles. The molecule has 1 unspecified atom stereocenters. The molecule has 2 aromatic rings. The first kappa shape index (κ1) is 33.8. The van der Waals surface area contributed by atoms with Crippen LogP contribution in [0.15, 0.2) is 76.7 Å². The largest absolute Gasteiger partial charge is 0.376 e. The van der Waals surface area contributed by atoms with E-state index in [1.165, 1.54) is 6.07 Å². The molecule has 0 spiro atoms. The fraction of sp³-hybridized carbons (Fsp3) is 0.500. The summed E-state index contributed by atoms with van der Waals surface area (Å²) >= 11 is 6.23. The lowest BCUT2D eigenvalue weighted by molar-refractivity contribution is -0.134. The topological polar surface area (TPSA) is 114 Å². The summed E-state index contributed by atoms with van der Waals surface area (Å²) in [6.07, 6.45) is 8.12. The molecule has 0 saturated carbocycles. The average Bonchev–Trinajstić information content (AvgIpc) is 3.00. The number of ether oxygens (including phenoxy) is 1. The predicted molar refractivity (Wildman–Crippen MR) is 176 cm³/mol. The number of halogens is 2. The standard InChI is InChI=1S/C34H44ClFN4O4S/c1-22-20-38-21-27(40(22)45(42,43)28-8-5-4-6-9-28)16-17-29-30(36)10-7-11-31(29)39-33(41)32(37)34(18-23(2)44-24(3)19-34)25-12-14-26(35)15-13-25/h4-12,14-15,22-25,27,32,38H,13,16-21,37H2,1-3H3,(H,39,41)/t22-,23-,24+,25?,27+,32-,34+/m1/s1. The molecule has 244 valence electrons. The summed E-state index contributed by atoms with van der Waals surface area (Å²) in [6, 6.07) is 11.4. The monoisotopic (exact) mass is 658 g/mol. The highest BCUT2D eigenvalue weighted by Gasteiger charge is 2.50. The van der Waals surface area contributed by atoms with Crippen LogP contribution < -0.4 is 16.4 Å². The Balaban J connectivity index is 1.37. The lowest BCUT2D eigenvalue weighted by atomic mass is 9.61. The van der Waals surface area contributed by atoms with Crippen molar-refractivity contribution in [3.63, 3.8) is 0 Å². The van der Waals surface area contributed by atoms with Crippen molar-refractivity contribution in [3.05, 3.63) is 83.2 Å². The molecule has 2 aliphatic heterocycles. The minimum absolute atomic E-state index is 0.0140. The van der Waals surface area contributed by atoms with Gasteiger partial charge in [-0.15, -0.1) is 0 Å². The summed E-state index contributed by atoms with van der Waals surface area (Å²) in [5, 5.41) is 6.94. The molecule has 4 N–H and O–H groups in total. The van der Waals surface area contributed by atoms with E-state index in [0.717, 1.165) is 0 Å². The van der Waals surface area contributed by atoms with E-state index in [-0.39, 0.29) is 35.5 Å². The molecule has 1 amide bonds. The first-order valence-electron chi connectivity index (χ1n) is 15.7. The van der Waals surface area contributed by atoms with E-state index in [4.69, 9.17) is 22.1 Å². The second-order valence-corrected chi connectivity index (χ2v) is 15.0. The van der Waals surface area contributed by atoms with Gasteiger partial charge in [-0.3, -0.25) is 4.79 Å². The van der Waals surface area contributed by atoms with Crippen LogP contribution in [0, 0.1) is 17.2 Å². The molecule has 0 bridgehead atoms. The normalized spacial score (nSPS) is 30.0. The molecule has 2 heterocycles. The van der Waals surface area contributed by atoms with Crippen molar-refractivity contribution in [1.29, 1.82) is 0 Å². The third-order valence-electron chi connectivity index (χ3n) is 9.53. The van der Waals surface area contributed by atoms with Crippen molar-refractivity contribution < 1.29 is 22.3 Å². The molecule has 1 aliphatic carbocycles. The fourth-order valence-corrected chi connectivity index (χ4v) is 9.57. The van der Waals surface area contributed by atoms with Gasteiger partial charge in [0.2, 0.25) is 15.9 Å². The first-order valence-corrected chi connectivity index (χ1v) is 17.6. The van der Waals surface area contributed by atoms with Crippen LogP contribution in [0.5, 0.6) is 0 Å². The number of sulfonamides is 1. The maximum absolute atomic E-state index is 15.4. The van der Waals surface area contributed by atoms with Crippen LogP contribution in [0.25, 0.3) is 0 Å². The van der Waals surface area contributed by atoms with Crippen LogP contribution >= 0.6 is 11.6 Å². The summed E-state index contributed by atoms with van der Waals surface area (Å²) < 4.78 is 50.4. The zero-order chi connectivity index (χ0) is 32.4. The molecular weight excluding hydrogens is 615 g/mol. The quantitative estimate of drug-likeness (QED) is 0.335. The zero-order valence-electron chi connectivity index (χ0n) is 26.1. The SMILES string of the molecule is C[C@@H]1C[C@](C2C=CC(Cl)=CC2)([C@H](N)C(=O)Nc2cccc(F)c2CC[C@H]2CNC[C@@H](C)N2S(=O)(=O)c2ccccc2)C[C@H](C)O1. The Kier molecular flexibility index (Phi) is 10.5. The highest BCUT2D eigenvalue weighted by Crippen LogP contribution is 2.48. The van der Waals surface area contributed by atoms with Gasteiger partial charge in [0.05, 0.1) is 23.1 Å². The average molecular weight is 659 g/mol. The van der Waals surface area contributed by atoms with Crippen LogP contribution in [-0.4, -0.2) is 62.1 Å². The Bertz CT molecular complexity index is 1530. The number of carbonyl (C=O) groups excluding carboxylic acids is 1. The molecule has 2 saturated heterocycles. The van der Waals surface area contributed by atoms with Gasteiger partial charge in [-0.2, -0.15) is 4.31 Å². The van der Waals surface area contributed by atoms with Crippen molar-refractivity contribution in [1.82, 2.24) is 9.62 Å². The van der Waals surface area contributed by atoms with Gasteiger partial charge in [-0.05, 0) is 89.1 Å². The van der Waals surface area contributed by atoms with Gasteiger partial charge >= 0.3 is 0 Å². The zero-order valence-corrected chi connectivity index (χ0v) is 27.7. The number of carbonyl (C=O) groups is 1. The Morgan fingerprint density at radius 3 is 2.51 bits per heavy atom. The van der Waals surface area contributed by atoms with Gasteiger partial charge in [-0.1, -0.05) is 48.0 Å². The summed E-state index contributed by atoms with van der Waals surface area (Å²) in [5.41, 5.74) is 6.93. The molecule has 2 fully saturated rings. The number of benzene rings is 2. The van der Waals surface area contributed by atoms with Gasteiger partial charge in [0.1, 0.15) is 5.82 Å².